The molecule has 0 aliphatic carbocycles. The molecule has 16 heavy (non-hydrogen) atoms. The summed E-state index contributed by atoms with van der Waals surface area (Å²) in [5, 5.41) is 8.76. The fourth-order valence-corrected chi connectivity index (χ4v) is 2.05. The van der Waals surface area contributed by atoms with Crippen LogP contribution in [0, 0.1) is 5.82 Å². The maximum atomic E-state index is 12.7. The summed E-state index contributed by atoms with van der Waals surface area (Å²) in [6, 6.07) is 5.96. The molecule has 5 heteroatoms. The van der Waals surface area contributed by atoms with Crippen LogP contribution in [0.2, 0.25) is 0 Å². The number of hydrogen-bond acceptors (Lipinski definition) is 4. The molecule has 1 aromatic heterocycles. The zero-order chi connectivity index (χ0) is 11.5. The molecule has 0 N–H and O–H groups in total. The number of Topliss-reactive ketones (excluding diaryl/α,β-unsaturated/α-hetero) is 1. The van der Waals surface area contributed by atoms with Crippen LogP contribution >= 0.6 is 11.3 Å². The van der Waals surface area contributed by atoms with Gasteiger partial charge in [0.25, 0.3) is 0 Å². The van der Waals surface area contributed by atoms with Gasteiger partial charge in [-0.05, 0) is 24.3 Å². The highest BCUT2D eigenvalue weighted by molar-refractivity contribution is 7.16. The number of hydrogen-bond donors (Lipinski definition) is 0. The molecular weight excluding hydrogens is 227 g/mol. The van der Waals surface area contributed by atoms with Crippen molar-refractivity contribution in [3.63, 3.8) is 0 Å². The molecule has 2 rings (SSSR count). The van der Waals surface area contributed by atoms with Crippen LogP contribution < -0.4 is 0 Å². The Morgan fingerprint density at radius 2 is 2.00 bits per heavy atom. The van der Waals surface area contributed by atoms with Gasteiger partial charge in [0.05, 0.1) is 0 Å². The number of carbonyl (C=O) groups is 1. The maximum absolute atomic E-state index is 12.7. The van der Waals surface area contributed by atoms with Crippen molar-refractivity contribution in [2.24, 2.45) is 0 Å². The molecule has 0 bridgehead atoms. The van der Waals surface area contributed by atoms with Crippen molar-refractivity contribution < 1.29 is 9.18 Å². The van der Waals surface area contributed by atoms with Crippen LogP contribution in [-0.2, 0) is 0 Å². The summed E-state index contributed by atoms with van der Waals surface area (Å²) in [4.78, 5) is 11.4. The molecule has 0 saturated carbocycles. The molecule has 0 aliphatic rings. The lowest BCUT2D eigenvalue weighted by atomic mass is 10.2. The number of carbonyl (C=O) groups excluding carboxylic acids is 1. The fourth-order valence-electron chi connectivity index (χ4n) is 1.20. The molecule has 0 aliphatic heterocycles. The molecule has 82 valence electrons. The van der Waals surface area contributed by atoms with Crippen molar-refractivity contribution in [3.05, 3.63) is 35.1 Å². The molecule has 0 unspecified atom stereocenters. The molecule has 1 heterocycles. The van der Waals surface area contributed by atoms with E-state index in [-0.39, 0.29) is 11.6 Å². The third kappa shape index (κ3) is 2.14. The summed E-state index contributed by atoms with van der Waals surface area (Å²) >= 11 is 1.23. The minimum Gasteiger partial charge on any atom is -0.291 e. The average molecular weight is 236 g/mol. The Bertz CT molecular complexity index is 507. The Labute approximate surface area is 96.0 Å². The Morgan fingerprint density at radius 1 is 1.31 bits per heavy atom. The summed E-state index contributed by atoms with van der Waals surface area (Å²) in [5.74, 6) is -0.316. The highest BCUT2D eigenvalue weighted by atomic mass is 32.1. The number of rotatable bonds is 3. The quantitative estimate of drug-likeness (QED) is 0.769. The third-order valence-electron chi connectivity index (χ3n) is 2.08. The van der Waals surface area contributed by atoms with Crippen molar-refractivity contribution in [1.82, 2.24) is 10.2 Å². The lowest BCUT2D eigenvalue weighted by molar-refractivity contribution is 0.0987. The third-order valence-corrected chi connectivity index (χ3v) is 3.09. The smallest absolute Gasteiger partial charge is 0.193 e. The van der Waals surface area contributed by atoms with E-state index in [9.17, 15) is 9.18 Å². The van der Waals surface area contributed by atoms with Gasteiger partial charge in [0.15, 0.2) is 10.8 Å². The first-order chi connectivity index (χ1) is 7.70. The molecular formula is C11H9FN2OS. The van der Waals surface area contributed by atoms with E-state index in [2.05, 4.69) is 10.2 Å². The molecule has 0 fully saturated rings. The van der Waals surface area contributed by atoms with E-state index < -0.39 is 0 Å². The summed E-state index contributed by atoms with van der Waals surface area (Å²) in [7, 11) is 0. The zero-order valence-electron chi connectivity index (χ0n) is 8.61. The van der Waals surface area contributed by atoms with E-state index in [1.165, 1.54) is 23.5 Å². The lowest BCUT2D eigenvalue weighted by Crippen LogP contribution is -1.94. The van der Waals surface area contributed by atoms with Gasteiger partial charge in [0.2, 0.25) is 0 Å². The molecule has 1 aromatic carbocycles. The highest BCUT2D eigenvalue weighted by Gasteiger charge is 2.11. The van der Waals surface area contributed by atoms with Crippen LogP contribution in [0.25, 0.3) is 10.6 Å². The number of nitrogens with zero attached hydrogens (tertiary/aromatic N) is 2. The van der Waals surface area contributed by atoms with Crippen LogP contribution in [-0.4, -0.2) is 16.0 Å². The standard InChI is InChI=1S/C11H9FN2OS/c1-2-9(15)11-14-13-10(16-11)7-3-5-8(12)6-4-7/h3-6H,2H2,1H3. The second kappa shape index (κ2) is 4.49. The Hall–Kier alpha value is -1.62. The molecule has 0 radical (unpaired) electrons. The maximum Gasteiger partial charge on any atom is 0.193 e. The largest absolute Gasteiger partial charge is 0.291 e. The van der Waals surface area contributed by atoms with E-state index in [1.807, 2.05) is 0 Å². The normalized spacial score (nSPS) is 10.4. The minimum absolute atomic E-state index is 0.0224. The van der Waals surface area contributed by atoms with Crippen LogP contribution in [0.4, 0.5) is 4.39 Å². The minimum atomic E-state index is -0.293. The molecule has 0 saturated heterocycles. The summed E-state index contributed by atoms with van der Waals surface area (Å²) < 4.78 is 12.7. The second-order valence-corrected chi connectivity index (χ2v) is 4.17. The van der Waals surface area contributed by atoms with Gasteiger partial charge in [-0.2, -0.15) is 0 Å². The average Bonchev–Trinajstić information content (AvgIpc) is 2.78. The molecule has 3 nitrogen and oxygen atoms in total. The van der Waals surface area contributed by atoms with Crippen LogP contribution in [0.5, 0.6) is 0 Å². The monoisotopic (exact) mass is 236 g/mol. The van der Waals surface area contributed by atoms with E-state index in [0.717, 1.165) is 5.56 Å². The van der Waals surface area contributed by atoms with Gasteiger partial charge in [0, 0.05) is 12.0 Å². The summed E-state index contributed by atoms with van der Waals surface area (Å²) in [5.41, 5.74) is 0.772. The molecule has 0 spiro atoms. The van der Waals surface area contributed by atoms with Crippen molar-refractivity contribution in [2.45, 2.75) is 13.3 Å². The first-order valence-corrected chi connectivity index (χ1v) is 5.65. The van der Waals surface area contributed by atoms with Gasteiger partial charge in [-0.15, -0.1) is 10.2 Å². The SMILES string of the molecule is CCC(=O)c1nnc(-c2ccc(F)cc2)s1. The first kappa shape index (κ1) is 10.9. The molecule has 0 atom stereocenters. The predicted octanol–water partition coefficient (Wildman–Crippen LogP) is 2.94. The lowest BCUT2D eigenvalue weighted by Gasteiger charge is -1.93. The number of aromatic nitrogens is 2. The van der Waals surface area contributed by atoms with E-state index in [1.54, 1.807) is 19.1 Å². The number of halogens is 1. The Kier molecular flexibility index (Phi) is 3.05. The van der Waals surface area contributed by atoms with Crippen molar-refractivity contribution in [3.8, 4) is 10.6 Å². The zero-order valence-corrected chi connectivity index (χ0v) is 9.42. The Morgan fingerprint density at radius 3 is 2.62 bits per heavy atom. The fraction of sp³-hybridized carbons (Fsp3) is 0.182. The van der Waals surface area contributed by atoms with E-state index >= 15 is 0 Å². The van der Waals surface area contributed by atoms with Gasteiger partial charge in [-0.1, -0.05) is 18.3 Å². The predicted molar refractivity (Wildman–Crippen MR) is 59.9 cm³/mol. The number of benzene rings is 1. The van der Waals surface area contributed by atoms with Crippen molar-refractivity contribution >= 4 is 17.1 Å². The van der Waals surface area contributed by atoms with E-state index in [4.69, 9.17) is 0 Å². The second-order valence-electron chi connectivity index (χ2n) is 3.20. The summed E-state index contributed by atoms with van der Waals surface area (Å²) in [6.07, 6.45) is 0.415. The van der Waals surface area contributed by atoms with Gasteiger partial charge in [0.1, 0.15) is 10.8 Å². The van der Waals surface area contributed by atoms with Crippen molar-refractivity contribution in [2.75, 3.05) is 0 Å². The molecule has 0 amide bonds. The topological polar surface area (TPSA) is 42.9 Å². The Balaban J connectivity index is 2.31. The van der Waals surface area contributed by atoms with Gasteiger partial charge < -0.3 is 0 Å². The van der Waals surface area contributed by atoms with Crippen molar-refractivity contribution in [1.29, 1.82) is 0 Å². The van der Waals surface area contributed by atoms with Crippen LogP contribution in [0.15, 0.2) is 24.3 Å². The van der Waals surface area contributed by atoms with Gasteiger partial charge in [-0.25, -0.2) is 4.39 Å². The molecule has 2 aromatic rings. The first-order valence-electron chi connectivity index (χ1n) is 4.83. The van der Waals surface area contributed by atoms with Gasteiger partial charge in [-0.3, -0.25) is 4.79 Å². The van der Waals surface area contributed by atoms with Gasteiger partial charge >= 0.3 is 0 Å². The highest BCUT2D eigenvalue weighted by Crippen LogP contribution is 2.24. The number of ketones is 1. The van der Waals surface area contributed by atoms with Crippen LogP contribution in [0.1, 0.15) is 23.1 Å². The van der Waals surface area contributed by atoms with E-state index in [0.29, 0.717) is 16.4 Å². The summed E-state index contributed by atoms with van der Waals surface area (Å²) in [6.45, 7) is 1.78. The van der Waals surface area contributed by atoms with Crippen LogP contribution in [0.3, 0.4) is 0 Å².